The van der Waals surface area contributed by atoms with Gasteiger partial charge >= 0.3 is 6.09 Å². The summed E-state index contributed by atoms with van der Waals surface area (Å²) in [5.74, 6) is -0.441. The molecule has 1 heterocycles. The predicted octanol–water partition coefficient (Wildman–Crippen LogP) is 4.36. The zero-order valence-electron chi connectivity index (χ0n) is 18.2. The van der Waals surface area contributed by atoms with E-state index in [9.17, 15) is 19.2 Å². The largest absolute Gasteiger partial charge is 0.444 e. The normalized spacial score (nSPS) is 13.9. The molecule has 0 saturated heterocycles. The number of nitriles is 1. The van der Waals surface area contributed by atoms with E-state index in [0.29, 0.717) is 17.7 Å². The number of benzene rings is 2. The molecule has 3 rings (SSSR count). The second kappa shape index (κ2) is 8.76. The van der Waals surface area contributed by atoms with Gasteiger partial charge in [0.05, 0.1) is 6.07 Å². The van der Waals surface area contributed by atoms with Crippen LogP contribution in [0.5, 0.6) is 0 Å². The van der Waals surface area contributed by atoms with E-state index in [2.05, 4.69) is 5.32 Å². The van der Waals surface area contributed by atoms with Crippen molar-refractivity contribution in [2.24, 2.45) is 0 Å². The van der Waals surface area contributed by atoms with E-state index in [4.69, 9.17) is 4.74 Å². The van der Waals surface area contributed by atoms with Gasteiger partial charge in [0, 0.05) is 25.6 Å². The molecule has 1 aliphatic heterocycles. The highest BCUT2D eigenvalue weighted by molar-refractivity contribution is 5.94. The first-order valence-corrected chi connectivity index (χ1v) is 10.2. The molecule has 2 amide bonds. The van der Waals surface area contributed by atoms with Crippen molar-refractivity contribution in [3.63, 3.8) is 0 Å². The van der Waals surface area contributed by atoms with Gasteiger partial charge < -0.3 is 15.0 Å². The van der Waals surface area contributed by atoms with E-state index in [0.717, 1.165) is 23.2 Å². The van der Waals surface area contributed by atoms with Crippen LogP contribution in [0, 0.1) is 17.1 Å². The van der Waals surface area contributed by atoms with E-state index in [1.807, 2.05) is 24.3 Å². The third-order valence-electron chi connectivity index (χ3n) is 5.01. The number of amides is 2. The number of carbonyl (C=O) groups is 2. The topological polar surface area (TPSA) is 82.4 Å². The van der Waals surface area contributed by atoms with Gasteiger partial charge in [-0.15, -0.1) is 0 Å². The van der Waals surface area contributed by atoms with Gasteiger partial charge in [0.15, 0.2) is 0 Å². The van der Waals surface area contributed by atoms with Crippen LogP contribution in [0.15, 0.2) is 36.4 Å². The fourth-order valence-electron chi connectivity index (χ4n) is 3.60. The van der Waals surface area contributed by atoms with Crippen LogP contribution >= 0.6 is 0 Å². The van der Waals surface area contributed by atoms with Crippen LogP contribution in [0.4, 0.5) is 14.9 Å². The minimum atomic E-state index is -0.909. The van der Waals surface area contributed by atoms with Crippen molar-refractivity contribution in [2.75, 3.05) is 11.4 Å². The number of hydrogen-bond acceptors (Lipinski definition) is 4. The van der Waals surface area contributed by atoms with Crippen molar-refractivity contribution in [3.8, 4) is 17.2 Å². The number of carbonyl (C=O) groups excluding carboxylic acids is 2. The number of anilines is 1. The summed E-state index contributed by atoms with van der Waals surface area (Å²) in [5, 5.41) is 11.8. The van der Waals surface area contributed by atoms with E-state index in [1.54, 1.807) is 44.7 Å². The maximum atomic E-state index is 14.8. The van der Waals surface area contributed by atoms with Crippen LogP contribution in [-0.4, -0.2) is 30.2 Å². The van der Waals surface area contributed by atoms with Crippen molar-refractivity contribution in [2.45, 2.75) is 52.2 Å². The molecule has 1 aliphatic rings. The van der Waals surface area contributed by atoms with Crippen LogP contribution in [0.3, 0.4) is 0 Å². The monoisotopic (exact) mass is 423 g/mol. The van der Waals surface area contributed by atoms with Crippen molar-refractivity contribution in [1.29, 1.82) is 5.26 Å². The smallest absolute Gasteiger partial charge is 0.408 e. The van der Waals surface area contributed by atoms with Crippen molar-refractivity contribution in [3.05, 3.63) is 53.3 Å². The summed E-state index contributed by atoms with van der Waals surface area (Å²) in [4.78, 5) is 25.3. The number of ether oxygens (including phenoxy) is 1. The van der Waals surface area contributed by atoms with Gasteiger partial charge in [-0.3, -0.25) is 4.79 Å². The molecule has 1 N–H and O–H groups in total. The molecular formula is C24H26FN3O3. The van der Waals surface area contributed by atoms with E-state index in [-0.39, 0.29) is 12.3 Å². The lowest BCUT2D eigenvalue weighted by molar-refractivity contribution is -0.116. The summed E-state index contributed by atoms with van der Waals surface area (Å²) in [5.41, 5.74) is 3.17. The molecule has 2 aromatic carbocycles. The highest BCUT2D eigenvalue weighted by Gasteiger charge is 2.23. The molecule has 6 nitrogen and oxygen atoms in total. The Balaban J connectivity index is 1.74. The molecule has 0 aliphatic carbocycles. The van der Waals surface area contributed by atoms with Gasteiger partial charge in [0.1, 0.15) is 17.5 Å². The first kappa shape index (κ1) is 22.3. The van der Waals surface area contributed by atoms with Crippen molar-refractivity contribution in [1.82, 2.24) is 5.32 Å². The SMILES string of the molecule is CC(=O)N1CCc2cc(-c3ccc(CC(C#N)NC(=O)OC(C)(C)C)c(F)c3)ccc21. The lowest BCUT2D eigenvalue weighted by atomic mass is 9.98. The minimum absolute atomic E-state index is 0.00827. The van der Waals surface area contributed by atoms with Gasteiger partial charge in [-0.25, -0.2) is 9.18 Å². The molecule has 0 fully saturated rings. The Kier molecular flexibility index (Phi) is 6.30. The molecular weight excluding hydrogens is 397 g/mol. The van der Waals surface area contributed by atoms with Gasteiger partial charge in [0.2, 0.25) is 5.91 Å². The molecule has 1 atom stereocenters. The maximum absolute atomic E-state index is 14.8. The van der Waals surface area contributed by atoms with Crippen LogP contribution in [0.1, 0.15) is 38.8 Å². The van der Waals surface area contributed by atoms with Crippen LogP contribution in [-0.2, 0) is 22.4 Å². The molecule has 1 unspecified atom stereocenters. The van der Waals surface area contributed by atoms with Crippen molar-refractivity contribution < 1.29 is 18.7 Å². The van der Waals surface area contributed by atoms with Crippen LogP contribution in [0.25, 0.3) is 11.1 Å². The quantitative estimate of drug-likeness (QED) is 0.792. The third kappa shape index (κ3) is 5.40. The molecule has 0 bridgehead atoms. The summed E-state index contributed by atoms with van der Waals surface area (Å²) < 4.78 is 19.9. The lowest BCUT2D eigenvalue weighted by Gasteiger charge is -2.21. The summed E-state index contributed by atoms with van der Waals surface area (Å²) in [6.07, 6.45) is 0.0807. The Morgan fingerprint density at radius 3 is 2.52 bits per heavy atom. The highest BCUT2D eigenvalue weighted by atomic mass is 19.1. The minimum Gasteiger partial charge on any atom is -0.444 e. The van der Waals surface area contributed by atoms with E-state index >= 15 is 0 Å². The number of rotatable bonds is 4. The predicted molar refractivity (Wildman–Crippen MR) is 116 cm³/mol. The third-order valence-corrected chi connectivity index (χ3v) is 5.01. The maximum Gasteiger partial charge on any atom is 0.408 e. The molecule has 31 heavy (non-hydrogen) atoms. The standard InChI is InChI=1S/C24H26FN3O3/c1-15(29)28-10-9-19-11-16(7-8-22(19)28)17-5-6-18(21(25)13-17)12-20(14-26)27-23(30)31-24(2,3)4/h5-8,11,13,20H,9-10,12H2,1-4H3,(H,27,30). The van der Waals surface area contributed by atoms with Gasteiger partial charge in [-0.05, 0) is 67.6 Å². The average molecular weight is 423 g/mol. The Morgan fingerprint density at radius 1 is 1.23 bits per heavy atom. The molecule has 2 aromatic rings. The van der Waals surface area contributed by atoms with Crippen molar-refractivity contribution >= 4 is 17.7 Å². The lowest BCUT2D eigenvalue weighted by Crippen LogP contribution is -2.39. The Morgan fingerprint density at radius 2 is 1.90 bits per heavy atom. The molecule has 0 saturated carbocycles. The van der Waals surface area contributed by atoms with Gasteiger partial charge in [-0.1, -0.05) is 18.2 Å². The Bertz CT molecular complexity index is 1050. The number of alkyl carbamates (subject to hydrolysis) is 1. The highest BCUT2D eigenvalue weighted by Crippen LogP contribution is 2.33. The molecule has 0 aromatic heterocycles. The first-order valence-electron chi connectivity index (χ1n) is 10.2. The summed E-state index contributed by atoms with van der Waals surface area (Å²) >= 11 is 0. The second-order valence-corrected chi connectivity index (χ2v) is 8.60. The summed E-state index contributed by atoms with van der Waals surface area (Å²) in [6.45, 7) is 7.37. The Hall–Kier alpha value is -3.40. The number of halogens is 1. The average Bonchev–Trinajstić information content (AvgIpc) is 3.10. The van der Waals surface area contributed by atoms with Crippen LogP contribution in [0.2, 0.25) is 0 Å². The molecule has 0 radical (unpaired) electrons. The number of nitrogens with one attached hydrogen (secondary N) is 1. The molecule has 0 spiro atoms. The fourth-order valence-corrected chi connectivity index (χ4v) is 3.60. The summed E-state index contributed by atoms with van der Waals surface area (Å²) in [7, 11) is 0. The number of nitrogens with zero attached hydrogens (tertiary/aromatic N) is 2. The second-order valence-electron chi connectivity index (χ2n) is 8.60. The summed E-state index contributed by atoms with van der Waals surface area (Å²) in [6, 6.07) is 11.6. The van der Waals surface area contributed by atoms with E-state index < -0.39 is 23.6 Å². The Labute approximate surface area is 181 Å². The number of fused-ring (bicyclic) bond motifs is 1. The number of hydrogen-bond donors (Lipinski definition) is 1. The molecule has 162 valence electrons. The first-order chi connectivity index (χ1) is 14.6. The van der Waals surface area contributed by atoms with Crippen LogP contribution < -0.4 is 10.2 Å². The van der Waals surface area contributed by atoms with Gasteiger partial charge in [0.25, 0.3) is 0 Å². The fraction of sp³-hybridized carbons (Fsp3) is 0.375. The van der Waals surface area contributed by atoms with E-state index in [1.165, 1.54) is 6.07 Å². The zero-order chi connectivity index (χ0) is 22.8. The molecule has 7 heteroatoms. The zero-order valence-corrected chi connectivity index (χ0v) is 18.2. The van der Waals surface area contributed by atoms with Gasteiger partial charge in [-0.2, -0.15) is 5.26 Å².